The fourth-order valence-electron chi connectivity index (χ4n) is 5.63. The number of unbranched alkanes of at least 4 members (excludes halogenated alkanes) is 1. The molecule has 0 bridgehead atoms. The van der Waals surface area contributed by atoms with E-state index in [0.717, 1.165) is 36.6 Å². The zero-order valence-electron chi connectivity index (χ0n) is 20.7. The zero-order chi connectivity index (χ0) is 22.2. The SMILES string of the molecule is CCC(C)C1=N[C@@H](CCCCN2C[C@@H](CC(C)C)N(CCC3CCCCC3)C2=S)CN1. The van der Waals surface area contributed by atoms with Crippen molar-refractivity contribution in [3.63, 3.8) is 0 Å². The van der Waals surface area contributed by atoms with Gasteiger partial charge >= 0.3 is 0 Å². The second-order valence-corrected chi connectivity index (χ2v) is 11.2. The van der Waals surface area contributed by atoms with Gasteiger partial charge in [0.25, 0.3) is 0 Å². The zero-order valence-corrected chi connectivity index (χ0v) is 21.6. The summed E-state index contributed by atoms with van der Waals surface area (Å²) in [5, 5.41) is 4.67. The molecule has 1 N–H and O–H groups in total. The highest BCUT2D eigenvalue weighted by Crippen LogP contribution is 2.29. The van der Waals surface area contributed by atoms with Crippen LogP contribution in [0, 0.1) is 17.8 Å². The van der Waals surface area contributed by atoms with Gasteiger partial charge < -0.3 is 15.1 Å². The smallest absolute Gasteiger partial charge is 0.171 e. The Labute approximate surface area is 197 Å². The summed E-state index contributed by atoms with van der Waals surface area (Å²) in [5.74, 6) is 3.48. The lowest BCUT2D eigenvalue weighted by Crippen LogP contribution is -2.37. The molecule has 2 aliphatic heterocycles. The molecule has 0 amide bonds. The molecule has 3 atom stereocenters. The molecule has 1 aliphatic carbocycles. The molecular formula is C26H48N4S. The highest BCUT2D eigenvalue weighted by Gasteiger charge is 2.34. The summed E-state index contributed by atoms with van der Waals surface area (Å²) in [5.41, 5.74) is 0. The molecule has 0 radical (unpaired) electrons. The van der Waals surface area contributed by atoms with Crippen LogP contribution in [0.2, 0.25) is 0 Å². The lowest BCUT2D eigenvalue weighted by Gasteiger charge is -2.29. The minimum absolute atomic E-state index is 0.482. The molecule has 31 heavy (non-hydrogen) atoms. The van der Waals surface area contributed by atoms with Gasteiger partial charge in [-0.3, -0.25) is 4.99 Å². The van der Waals surface area contributed by atoms with Crippen LogP contribution in [-0.2, 0) is 0 Å². The van der Waals surface area contributed by atoms with Gasteiger partial charge in [0.15, 0.2) is 5.11 Å². The number of nitrogens with zero attached hydrogens (tertiary/aromatic N) is 3. The van der Waals surface area contributed by atoms with E-state index < -0.39 is 0 Å². The van der Waals surface area contributed by atoms with Crippen molar-refractivity contribution < 1.29 is 0 Å². The van der Waals surface area contributed by atoms with Gasteiger partial charge in [-0.25, -0.2) is 0 Å². The van der Waals surface area contributed by atoms with Crippen LogP contribution in [0.4, 0.5) is 0 Å². The first-order valence-electron chi connectivity index (χ1n) is 13.3. The van der Waals surface area contributed by atoms with E-state index in [-0.39, 0.29) is 0 Å². The summed E-state index contributed by atoms with van der Waals surface area (Å²) in [6.45, 7) is 13.7. The first-order chi connectivity index (χ1) is 15.0. The fourth-order valence-corrected chi connectivity index (χ4v) is 6.04. The van der Waals surface area contributed by atoms with Crippen LogP contribution >= 0.6 is 12.2 Å². The maximum absolute atomic E-state index is 5.99. The third-order valence-electron chi connectivity index (χ3n) is 7.77. The van der Waals surface area contributed by atoms with Crippen molar-refractivity contribution >= 4 is 23.2 Å². The molecule has 3 aliphatic rings. The second-order valence-electron chi connectivity index (χ2n) is 10.9. The van der Waals surface area contributed by atoms with Crippen molar-refractivity contribution in [3.8, 4) is 0 Å². The Kier molecular flexibility index (Phi) is 9.93. The van der Waals surface area contributed by atoms with Crippen LogP contribution in [0.15, 0.2) is 4.99 Å². The monoisotopic (exact) mass is 448 g/mol. The molecule has 0 aromatic rings. The summed E-state index contributed by atoms with van der Waals surface area (Å²) in [4.78, 5) is 10.0. The summed E-state index contributed by atoms with van der Waals surface area (Å²) in [7, 11) is 0. The Balaban J connectivity index is 1.42. The number of aliphatic imine (C=N–C) groups is 1. The molecule has 1 unspecified atom stereocenters. The van der Waals surface area contributed by atoms with E-state index in [0.29, 0.717) is 18.0 Å². The number of hydrogen-bond acceptors (Lipinski definition) is 3. The van der Waals surface area contributed by atoms with Crippen molar-refractivity contribution in [2.24, 2.45) is 22.7 Å². The third kappa shape index (κ3) is 7.33. The van der Waals surface area contributed by atoms with Gasteiger partial charge in [-0.1, -0.05) is 59.8 Å². The van der Waals surface area contributed by atoms with E-state index in [1.165, 1.54) is 83.0 Å². The summed E-state index contributed by atoms with van der Waals surface area (Å²) < 4.78 is 0. The van der Waals surface area contributed by atoms with Crippen molar-refractivity contribution in [3.05, 3.63) is 0 Å². The van der Waals surface area contributed by atoms with Crippen LogP contribution in [0.3, 0.4) is 0 Å². The first-order valence-corrected chi connectivity index (χ1v) is 13.8. The summed E-state index contributed by atoms with van der Waals surface area (Å²) >= 11 is 5.99. The molecule has 3 rings (SSSR count). The average Bonchev–Trinajstić information content (AvgIpc) is 3.34. The summed E-state index contributed by atoms with van der Waals surface area (Å²) in [6.07, 6.45) is 14.7. The molecular weight excluding hydrogens is 400 g/mol. The minimum atomic E-state index is 0.482. The van der Waals surface area contributed by atoms with Gasteiger partial charge in [0.05, 0.1) is 11.9 Å². The van der Waals surface area contributed by atoms with E-state index in [1.807, 2.05) is 0 Å². The molecule has 178 valence electrons. The van der Waals surface area contributed by atoms with Gasteiger partial charge in [-0.05, 0) is 62.6 Å². The predicted molar refractivity (Wildman–Crippen MR) is 138 cm³/mol. The first kappa shape index (κ1) is 24.8. The van der Waals surface area contributed by atoms with Gasteiger partial charge in [0.1, 0.15) is 0 Å². The highest BCUT2D eigenvalue weighted by atomic mass is 32.1. The van der Waals surface area contributed by atoms with E-state index >= 15 is 0 Å². The molecule has 1 saturated heterocycles. The van der Waals surface area contributed by atoms with Crippen molar-refractivity contribution in [2.75, 3.05) is 26.2 Å². The Hall–Kier alpha value is -0.840. The Bertz CT molecular complexity index is 584. The Morgan fingerprint density at radius 2 is 1.84 bits per heavy atom. The Morgan fingerprint density at radius 1 is 1.06 bits per heavy atom. The molecule has 0 spiro atoms. The largest absolute Gasteiger partial charge is 0.371 e. The van der Waals surface area contributed by atoms with Crippen LogP contribution in [-0.4, -0.2) is 59.0 Å². The molecule has 4 nitrogen and oxygen atoms in total. The number of thiocarbonyl (C=S) groups is 1. The van der Waals surface area contributed by atoms with Gasteiger partial charge in [-0.15, -0.1) is 0 Å². The summed E-state index contributed by atoms with van der Waals surface area (Å²) in [6, 6.07) is 1.10. The van der Waals surface area contributed by atoms with Crippen LogP contribution < -0.4 is 5.32 Å². The lowest BCUT2D eigenvalue weighted by atomic mass is 9.87. The van der Waals surface area contributed by atoms with Crippen molar-refractivity contribution in [2.45, 2.75) is 110 Å². The average molecular weight is 449 g/mol. The van der Waals surface area contributed by atoms with Gasteiger partial charge in [0.2, 0.25) is 0 Å². The van der Waals surface area contributed by atoms with E-state index in [9.17, 15) is 0 Å². The molecule has 2 fully saturated rings. The number of amidine groups is 1. The predicted octanol–water partition coefficient (Wildman–Crippen LogP) is 5.86. The van der Waals surface area contributed by atoms with E-state index in [2.05, 4.69) is 42.8 Å². The third-order valence-corrected chi connectivity index (χ3v) is 8.26. The van der Waals surface area contributed by atoms with Crippen LogP contribution in [0.25, 0.3) is 0 Å². The van der Waals surface area contributed by atoms with Crippen molar-refractivity contribution in [1.29, 1.82) is 0 Å². The van der Waals surface area contributed by atoms with Crippen molar-refractivity contribution in [1.82, 2.24) is 15.1 Å². The number of rotatable bonds is 12. The van der Waals surface area contributed by atoms with Crippen LogP contribution in [0.1, 0.15) is 98.3 Å². The van der Waals surface area contributed by atoms with E-state index in [1.54, 1.807) is 0 Å². The second kappa shape index (κ2) is 12.4. The topological polar surface area (TPSA) is 30.9 Å². The molecule has 5 heteroatoms. The highest BCUT2D eigenvalue weighted by molar-refractivity contribution is 7.80. The number of hydrogen-bond donors (Lipinski definition) is 1. The fraction of sp³-hybridized carbons (Fsp3) is 0.923. The molecule has 2 heterocycles. The Morgan fingerprint density at radius 3 is 2.55 bits per heavy atom. The molecule has 0 aromatic carbocycles. The quantitative estimate of drug-likeness (QED) is 0.299. The lowest BCUT2D eigenvalue weighted by molar-refractivity contribution is 0.257. The maximum atomic E-state index is 5.99. The molecule has 0 aromatic heterocycles. The van der Waals surface area contributed by atoms with Gasteiger partial charge in [-0.2, -0.15) is 0 Å². The standard InChI is InChI=1S/C26H48N4S/c1-5-21(4)25-27-18-23(28-25)13-9-10-15-29-19-24(17-20(2)3)30(26(29)31)16-14-22-11-7-6-8-12-22/h20-24H,5-19H2,1-4H3,(H,27,28)/t21?,23-,24+/m0/s1. The maximum Gasteiger partial charge on any atom is 0.171 e. The van der Waals surface area contributed by atoms with Gasteiger partial charge in [0, 0.05) is 38.1 Å². The molecule has 1 saturated carbocycles. The van der Waals surface area contributed by atoms with Crippen LogP contribution in [0.5, 0.6) is 0 Å². The number of nitrogens with one attached hydrogen (secondary N) is 1. The minimum Gasteiger partial charge on any atom is -0.371 e. The normalized spacial score (nSPS) is 26.0. The van der Waals surface area contributed by atoms with E-state index in [4.69, 9.17) is 17.2 Å².